The summed E-state index contributed by atoms with van der Waals surface area (Å²) in [7, 11) is 0. The van der Waals surface area contributed by atoms with Crippen molar-refractivity contribution in [3.8, 4) is 0 Å². The summed E-state index contributed by atoms with van der Waals surface area (Å²) in [6.07, 6.45) is 6.08. The van der Waals surface area contributed by atoms with Gasteiger partial charge in [-0.3, -0.25) is 0 Å². The Morgan fingerprint density at radius 1 is 0.846 bits per heavy atom. The lowest BCUT2D eigenvalue weighted by atomic mass is 10.2. The third-order valence-corrected chi connectivity index (χ3v) is 0.816. The number of aliphatic hydroxyl groups is 2. The first kappa shape index (κ1) is 18.2. The van der Waals surface area contributed by atoms with Crippen molar-refractivity contribution >= 4 is 0 Å². The molecule has 0 spiro atoms. The van der Waals surface area contributed by atoms with Crippen molar-refractivity contribution in [3.05, 3.63) is 25.3 Å². The first-order valence-corrected chi connectivity index (χ1v) is 4.60. The van der Waals surface area contributed by atoms with E-state index in [0.29, 0.717) is 0 Å². The molecule has 0 heterocycles. The summed E-state index contributed by atoms with van der Waals surface area (Å²) in [6, 6.07) is 0. The Morgan fingerprint density at radius 2 is 1.08 bits per heavy atom. The lowest BCUT2D eigenvalue weighted by Crippen LogP contribution is -1.85. The maximum absolute atomic E-state index is 8.21. The van der Waals surface area contributed by atoms with Crippen LogP contribution in [0.3, 0.4) is 0 Å². The van der Waals surface area contributed by atoms with Crippen LogP contribution in [-0.2, 0) is 0 Å². The van der Waals surface area contributed by atoms with Gasteiger partial charge in [-0.1, -0.05) is 12.2 Å². The van der Waals surface area contributed by atoms with Gasteiger partial charge in [0.25, 0.3) is 0 Å². The summed E-state index contributed by atoms with van der Waals surface area (Å²) in [6.45, 7) is 11.0. The molecule has 0 amide bonds. The lowest BCUT2D eigenvalue weighted by Gasteiger charge is -1.90. The van der Waals surface area contributed by atoms with E-state index < -0.39 is 0 Å². The average molecular weight is 188 g/mol. The molecule has 2 N–H and O–H groups in total. The molecule has 0 rings (SSSR count). The van der Waals surface area contributed by atoms with Crippen LogP contribution < -0.4 is 0 Å². The van der Waals surface area contributed by atoms with Crippen LogP contribution in [0.25, 0.3) is 0 Å². The van der Waals surface area contributed by atoms with Crippen molar-refractivity contribution in [2.24, 2.45) is 0 Å². The molecule has 0 unspecified atom stereocenters. The van der Waals surface area contributed by atoms with Crippen LogP contribution >= 0.6 is 0 Å². The van der Waals surface area contributed by atoms with E-state index in [1.54, 1.807) is 12.2 Å². The van der Waals surface area contributed by atoms with Gasteiger partial charge in [-0.05, 0) is 33.1 Å². The van der Waals surface area contributed by atoms with Gasteiger partial charge < -0.3 is 10.2 Å². The normalized spacial score (nSPS) is 7.08. The first-order valence-electron chi connectivity index (χ1n) is 4.60. The molecular formula is C11H24O2. The minimum atomic E-state index is 0.250. The van der Waals surface area contributed by atoms with E-state index in [4.69, 9.17) is 10.2 Å². The maximum atomic E-state index is 8.21. The number of hydrogen-bond donors (Lipinski definition) is 2. The van der Waals surface area contributed by atoms with Crippen LogP contribution in [0, 0.1) is 0 Å². The smallest absolute Gasteiger partial charge is 0.0431 e. The molecule has 0 aromatic heterocycles. The first-order chi connectivity index (χ1) is 6.24. The number of aliphatic hydroxyl groups excluding tert-OH is 2. The minimum absolute atomic E-state index is 0.250. The van der Waals surface area contributed by atoms with Crippen LogP contribution in [0.2, 0.25) is 0 Å². The molecule has 13 heavy (non-hydrogen) atoms. The summed E-state index contributed by atoms with van der Waals surface area (Å²) in [5.74, 6) is 0. The van der Waals surface area contributed by atoms with Crippen LogP contribution in [-0.4, -0.2) is 23.4 Å². The van der Waals surface area contributed by atoms with E-state index >= 15 is 0 Å². The Hall–Kier alpha value is -0.600. The van der Waals surface area contributed by atoms with Gasteiger partial charge in [-0.25, -0.2) is 0 Å². The molecule has 0 atom stereocenters. The van der Waals surface area contributed by atoms with E-state index in [-0.39, 0.29) is 13.2 Å². The highest BCUT2D eigenvalue weighted by molar-refractivity contribution is 4.51. The molecule has 0 aliphatic heterocycles. The Bertz CT molecular complexity index is 70.2. The fraction of sp³-hybridized carbons (Fsp3) is 0.636. The predicted octanol–water partition coefficient (Wildman–Crippen LogP) is 2.53. The highest BCUT2D eigenvalue weighted by Crippen LogP contribution is 1.90. The lowest BCUT2D eigenvalue weighted by molar-refractivity contribution is 0.257. The van der Waals surface area contributed by atoms with Crippen molar-refractivity contribution in [3.63, 3.8) is 0 Å². The molecule has 0 saturated heterocycles. The van der Waals surface area contributed by atoms with Crippen molar-refractivity contribution in [1.82, 2.24) is 0 Å². The number of allylic oxidation sites excluding steroid dienone is 2. The molecule has 0 aliphatic rings. The highest BCUT2D eigenvalue weighted by Gasteiger charge is 1.81. The molecule has 2 heteroatoms. The topological polar surface area (TPSA) is 40.5 Å². The molecule has 0 aliphatic carbocycles. The average Bonchev–Trinajstić information content (AvgIpc) is 2.08. The molecule has 0 aromatic carbocycles. The van der Waals surface area contributed by atoms with Crippen molar-refractivity contribution in [2.75, 3.05) is 13.2 Å². The summed E-state index contributed by atoms with van der Waals surface area (Å²) in [5.41, 5.74) is 0. The second kappa shape index (κ2) is 30.1. The van der Waals surface area contributed by atoms with Gasteiger partial charge in [-0.2, -0.15) is 0 Å². The Morgan fingerprint density at radius 3 is 1.23 bits per heavy atom. The van der Waals surface area contributed by atoms with Gasteiger partial charge >= 0.3 is 0 Å². The van der Waals surface area contributed by atoms with Gasteiger partial charge in [0, 0.05) is 13.2 Å². The maximum Gasteiger partial charge on any atom is 0.0431 e. The van der Waals surface area contributed by atoms with Crippen LogP contribution in [0.5, 0.6) is 0 Å². The second-order valence-electron chi connectivity index (χ2n) is 2.32. The van der Waals surface area contributed by atoms with Crippen molar-refractivity contribution < 1.29 is 10.2 Å². The second-order valence-corrected chi connectivity index (χ2v) is 2.32. The molecule has 0 radical (unpaired) electrons. The van der Waals surface area contributed by atoms with E-state index in [2.05, 4.69) is 13.2 Å². The fourth-order valence-corrected chi connectivity index (χ4v) is 0.400. The molecule has 0 aromatic rings. The van der Waals surface area contributed by atoms with Gasteiger partial charge in [0.05, 0.1) is 0 Å². The third-order valence-electron chi connectivity index (χ3n) is 0.816. The van der Waals surface area contributed by atoms with E-state index in [9.17, 15) is 0 Å². The van der Waals surface area contributed by atoms with Gasteiger partial charge in [0.2, 0.25) is 0 Å². The van der Waals surface area contributed by atoms with Crippen LogP contribution in [0.15, 0.2) is 25.3 Å². The van der Waals surface area contributed by atoms with Gasteiger partial charge in [0.1, 0.15) is 0 Å². The largest absolute Gasteiger partial charge is 0.396 e. The zero-order valence-electron chi connectivity index (χ0n) is 9.00. The number of unbranched alkanes of at least 4 members (excludes halogenated alkanes) is 2. The number of hydrogen-bond acceptors (Lipinski definition) is 2. The SMILES string of the molecule is C=CC.C=CC.OCCCCCO. The highest BCUT2D eigenvalue weighted by atomic mass is 16.3. The number of rotatable bonds is 4. The van der Waals surface area contributed by atoms with E-state index in [1.165, 1.54) is 0 Å². The molecule has 0 fully saturated rings. The predicted molar refractivity (Wildman–Crippen MR) is 59.8 cm³/mol. The van der Waals surface area contributed by atoms with E-state index in [1.807, 2.05) is 13.8 Å². The monoisotopic (exact) mass is 188 g/mol. The molecule has 0 saturated carbocycles. The van der Waals surface area contributed by atoms with Crippen LogP contribution in [0.4, 0.5) is 0 Å². The summed E-state index contributed by atoms with van der Waals surface area (Å²) in [4.78, 5) is 0. The summed E-state index contributed by atoms with van der Waals surface area (Å²) >= 11 is 0. The Balaban J connectivity index is -0.000000140. The van der Waals surface area contributed by atoms with Crippen LogP contribution in [0.1, 0.15) is 33.1 Å². The molecule has 2 nitrogen and oxygen atoms in total. The minimum Gasteiger partial charge on any atom is -0.396 e. The molecule has 80 valence electrons. The summed E-state index contributed by atoms with van der Waals surface area (Å²) in [5, 5.41) is 16.4. The molecular weight excluding hydrogens is 164 g/mol. The standard InChI is InChI=1S/C5H12O2.2C3H6/c6-4-2-1-3-5-7;2*1-3-2/h6-7H,1-5H2;2*3H,1H2,2H3. The summed E-state index contributed by atoms with van der Waals surface area (Å²) < 4.78 is 0. The Labute approximate surface area is 82.6 Å². The molecule has 0 bridgehead atoms. The Kier molecular flexibility index (Phi) is 42.2. The zero-order valence-corrected chi connectivity index (χ0v) is 9.00. The third kappa shape index (κ3) is 87.1. The fourth-order valence-electron chi connectivity index (χ4n) is 0.400. The van der Waals surface area contributed by atoms with Gasteiger partial charge in [-0.15, -0.1) is 13.2 Å². The van der Waals surface area contributed by atoms with Crippen molar-refractivity contribution in [1.29, 1.82) is 0 Å². The van der Waals surface area contributed by atoms with E-state index in [0.717, 1.165) is 19.3 Å². The quantitative estimate of drug-likeness (QED) is 0.526. The zero-order chi connectivity index (χ0) is 10.9. The van der Waals surface area contributed by atoms with Gasteiger partial charge in [0.15, 0.2) is 0 Å². The van der Waals surface area contributed by atoms with Crippen molar-refractivity contribution in [2.45, 2.75) is 33.1 Å².